The molecule has 0 aromatic carbocycles. The van der Waals surface area contributed by atoms with Crippen molar-refractivity contribution in [2.75, 3.05) is 7.11 Å². The van der Waals surface area contributed by atoms with E-state index in [2.05, 4.69) is 25.0 Å². The van der Waals surface area contributed by atoms with Crippen LogP contribution in [-0.4, -0.2) is 43.3 Å². The quantitative estimate of drug-likeness (QED) is 0.745. The summed E-state index contributed by atoms with van der Waals surface area (Å²) in [6.45, 7) is 0.266. The second-order valence-electron chi connectivity index (χ2n) is 3.13. The number of carboxylic acid groups (broad SMARTS) is 1. The SMILES string of the molecule is COCc1c(C(=O)O)nnn1Cc1ncon1. The minimum Gasteiger partial charge on any atom is -0.476 e. The molecule has 9 heteroatoms. The lowest BCUT2D eigenvalue weighted by molar-refractivity contribution is 0.0684. The Morgan fingerprint density at radius 1 is 1.65 bits per heavy atom. The number of aromatic carboxylic acids is 1. The second kappa shape index (κ2) is 4.70. The molecule has 17 heavy (non-hydrogen) atoms. The highest BCUT2D eigenvalue weighted by Gasteiger charge is 2.19. The van der Waals surface area contributed by atoms with E-state index in [0.29, 0.717) is 11.5 Å². The molecular weight excluding hydrogens is 230 g/mol. The second-order valence-corrected chi connectivity index (χ2v) is 3.13. The zero-order valence-corrected chi connectivity index (χ0v) is 8.90. The first-order valence-electron chi connectivity index (χ1n) is 4.62. The highest BCUT2D eigenvalue weighted by atomic mass is 16.5. The summed E-state index contributed by atoms with van der Waals surface area (Å²) < 4.78 is 10.8. The number of rotatable bonds is 5. The molecule has 2 aromatic rings. The van der Waals surface area contributed by atoms with E-state index in [1.54, 1.807) is 0 Å². The molecule has 0 amide bonds. The number of hydrogen-bond acceptors (Lipinski definition) is 7. The number of methoxy groups -OCH3 is 1. The molecule has 0 aliphatic rings. The van der Waals surface area contributed by atoms with Crippen molar-refractivity contribution in [3.63, 3.8) is 0 Å². The van der Waals surface area contributed by atoms with Crippen LogP contribution in [0.3, 0.4) is 0 Å². The summed E-state index contributed by atoms with van der Waals surface area (Å²) >= 11 is 0. The first kappa shape index (κ1) is 11.2. The summed E-state index contributed by atoms with van der Waals surface area (Å²) in [4.78, 5) is 14.7. The summed E-state index contributed by atoms with van der Waals surface area (Å²) in [5.41, 5.74) is 0.208. The van der Waals surface area contributed by atoms with Gasteiger partial charge < -0.3 is 14.4 Å². The molecule has 0 aliphatic heterocycles. The van der Waals surface area contributed by atoms with Crippen LogP contribution >= 0.6 is 0 Å². The van der Waals surface area contributed by atoms with Crippen LogP contribution in [0.2, 0.25) is 0 Å². The predicted octanol–water partition coefficient (Wildman–Crippen LogP) is -0.446. The molecule has 1 N–H and O–H groups in total. The summed E-state index contributed by atoms with van der Waals surface area (Å²) in [5, 5.41) is 19.8. The van der Waals surface area contributed by atoms with E-state index in [0.717, 1.165) is 0 Å². The van der Waals surface area contributed by atoms with Gasteiger partial charge in [0.15, 0.2) is 11.5 Å². The van der Waals surface area contributed by atoms with Gasteiger partial charge in [0.2, 0.25) is 6.39 Å². The third-order valence-corrected chi connectivity index (χ3v) is 2.02. The highest BCUT2D eigenvalue weighted by Crippen LogP contribution is 2.08. The van der Waals surface area contributed by atoms with Gasteiger partial charge in [0.1, 0.15) is 6.54 Å². The summed E-state index contributed by atoms with van der Waals surface area (Å²) in [7, 11) is 1.46. The van der Waals surface area contributed by atoms with Crippen LogP contribution in [0, 0.1) is 0 Å². The van der Waals surface area contributed by atoms with Gasteiger partial charge in [-0.3, -0.25) is 0 Å². The minimum atomic E-state index is -1.16. The number of carbonyl (C=O) groups is 1. The van der Waals surface area contributed by atoms with Gasteiger partial charge in [0.05, 0.1) is 12.3 Å². The molecule has 0 fully saturated rings. The van der Waals surface area contributed by atoms with Gasteiger partial charge in [0.25, 0.3) is 0 Å². The zero-order chi connectivity index (χ0) is 12.3. The fraction of sp³-hybridized carbons (Fsp3) is 0.375. The Morgan fingerprint density at radius 3 is 3.06 bits per heavy atom. The maximum absolute atomic E-state index is 10.9. The van der Waals surface area contributed by atoms with Gasteiger partial charge in [-0.2, -0.15) is 4.98 Å². The molecule has 0 unspecified atom stereocenters. The molecule has 0 spiro atoms. The van der Waals surface area contributed by atoms with Crippen molar-refractivity contribution < 1.29 is 19.2 Å². The number of aromatic nitrogens is 5. The maximum Gasteiger partial charge on any atom is 0.358 e. The van der Waals surface area contributed by atoms with Crippen molar-refractivity contribution in [1.82, 2.24) is 25.1 Å². The Kier molecular flexibility index (Phi) is 3.10. The number of ether oxygens (including phenoxy) is 1. The van der Waals surface area contributed by atoms with Crippen molar-refractivity contribution in [3.8, 4) is 0 Å². The van der Waals surface area contributed by atoms with E-state index in [9.17, 15) is 4.79 Å². The standard InChI is InChI=1S/C8H9N5O4/c1-16-3-5-7(8(14)15)10-12-13(5)2-6-9-4-17-11-6/h4H,2-3H2,1H3,(H,14,15). The lowest BCUT2D eigenvalue weighted by atomic mass is 10.3. The molecule has 0 aliphatic carbocycles. The van der Waals surface area contributed by atoms with Crippen LogP contribution in [-0.2, 0) is 17.9 Å². The third-order valence-electron chi connectivity index (χ3n) is 2.02. The molecule has 0 atom stereocenters. The van der Waals surface area contributed by atoms with Crippen molar-refractivity contribution >= 4 is 5.97 Å². The fourth-order valence-corrected chi connectivity index (χ4v) is 1.30. The maximum atomic E-state index is 10.9. The van der Waals surface area contributed by atoms with Gasteiger partial charge in [-0.15, -0.1) is 5.10 Å². The van der Waals surface area contributed by atoms with Gasteiger partial charge in [-0.1, -0.05) is 10.4 Å². The minimum absolute atomic E-state index is 0.0898. The van der Waals surface area contributed by atoms with Crippen LogP contribution in [0.25, 0.3) is 0 Å². The smallest absolute Gasteiger partial charge is 0.358 e. The summed E-state index contributed by atoms with van der Waals surface area (Å²) in [5.74, 6) is -0.777. The van der Waals surface area contributed by atoms with E-state index in [4.69, 9.17) is 9.84 Å². The average molecular weight is 239 g/mol. The Morgan fingerprint density at radius 2 is 2.47 bits per heavy atom. The zero-order valence-electron chi connectivity index (χ0n) is 8.90. The molecule has 2 rings (SSSR count). The first-order chi connectivity index (χ1) is 8.22. The van der Waals surface area contributed by atoms with Crippen molar-refractivity contribution in [3.05, 3.63) is 23.6 Å². The number of hydrogen-bond donors (Lipinski definition) is 1. The van der Waals surface area contributed by atoms with Crippen LogP contribution in [0.5, 0.6) is 0 Å². The lowest BCUT2D eigenvalue weighted by Gasteiger charge is -2.03. The van der Waals surface area contributed by atoms with Gasteiger partial charge in [-0.05, 0) is 0 Å². The van der Waals surface area contributed by atoms with E-state index in [1.165, 1.54) is 18.2 Å². The molecule has 2 heterocycles. The highest BCUT2D eigenvalue weighted by molar-refractivity contribution is 5.86. The van der Waals surface area contributed by atoms with Gasteiger partial charge in [0, 0.05) is 7.11 Å². The number of nitrogens with zero attached hydrogens (tertiary/aromatic N) is 5. The van der Waals surface area contributed by atoms with E-state index < -0.39 is 5.97 Å². The van der Waals surface area contributed by atoms with E-state index in [-0.39, 0.29) is 18.8 Å². The van der Waals surface area contributed by atoms with Crippen LogP contribution < -0.4 is 0 Å². The molecule has 0 bridgehead atoms. The summed E-state index contributed by atoms with van der Waals surface area (Å²) in [6, 6.07) is 0. The number of carboxylic acids is 1. The molecular formula is C8H9N5O4. The molecule has 0 saturated carbocycles. The largest absolute Gasteiger partial charge is 0.476 e. The van der Waals surface area contributed by atoms with Crippen molar-refractivity contribution in [2.24, 2.45) is 0 Å². The Balaban J connectivity index is 2.30. The van der Waals surface area contributed by atoms with E-state index in [1.807, 2.05) is 0 Å². The molecule has 90 valence electrons. The monoisotopic (exact) mass is 239 g/mol. The van der Waals surface area contributed by atoms with Crippen LogP contribution in [0.15, 0.2) is 10.9 Å². The lowest BCUT2D eigenvalue weighted by Crippen LogP contribution is -2.11. The van der Waals surface area contributed by atoms with Crippen LogP contribution in [0.4, 0.5) is 0 Å². The molecule has 0 saturated heterocycles. The van der Waals surface area contributed by atoms with Crippen molar-refractivity contribution in [2.45, 2.75) is 13.2 Å². The topological polar surface area (TPSA) is 116 Å². The van der Waals surface area contributed by atoms with Gasteiger partial charge in [-0.25, -0.2) is 9.48 Å². The molecule has 2 aromatic heterocycles. The Bertz CT molecular complexity index is 506. The van der Waals surface area contributed by atoms with Gasteiger partial charge >= 0.3 is 5.97 Å². The Labute approximate surface area is 95.0 Å². The fourth-order valence-electron chi connectivity index (χ4n) is 1.30. The first-order valence-corrected chi connectivity index (χ1v) is 4.62. The van der Waals surface area contributed by atoms with Crippen LogP contribution in [0.1, 0.15) is 22.0 Å². The molecule has 9 nitrogen and oxygen atoms in total. The molecule has 0 radical (unpaired) electrons. The predicted molar refractivity (Wildman–Crippen MR) is 51.1 cm³/mol. The third kappa shape index (κ3) is 2.28. The summed E-state index contributed by atoms with van der Waals surface area (Å²) in [6.07, 6.45) is 1.18. The average Bonchev–Trinajstić information content (AvgIpc) is 2.90. The van der Waals surface area contributed by atoms with E-state index >= 15 is 0 Å². The normalized spacial score (nSPS) is 10.6. The van der Waals surface area contributed by atoms with Crippen molar-refractivity contribution in [1.29, 1.82) is 0 Å². The Hall–Kier alpha value is -2.29.